The van der Waals surface area contributed by atoms with E-state index in [1.165, 1.54) is 20.0 Å². The Balaban J connectivity index is 1.88. The smallest absolute Gasteiger partial charge is 0.279 e. The van der Waals surface area contributed by atoms with E-state index in [0.717, 1.165) is 12.1 Å². The Hall–Kier alpha value is -3.01. The standard InChI is InChI=1S/C19H18F5N3O2/c1-10(12-4-3-11(20)7-14(12)22)25-16(28)8-27(2)9-17(29)26-15-6-5-13(21)18(23)19(15)24/h3-7,10H,8-9H2,1-2H3,(H,25,28)(H,26,29)/p+1/t10-/m1/s1. The van der Waals surface area contributed by atoms with E-state index in [9.17, 15) is 31.5 Å². The molecule has 0 aliphatic heterocycles. The van der Waals surface area contributed by atoms with Gasteiger partial charge in [-0.2, -0.15) is 0 Å². The molecule has 156 valence electrons. The molecule has 5 nitrogen and oxygen atoms in total. The molecule has 0 spiro atoms. The summed E-state index contributed by atoms with van der Waals surface area (Å²) in [7, 11) is 1.50. The largest absolute Gasteiger partial charge is 0.345 e. The average molecular weight is 416 g/mol. The van der Waals surface area contributed by atoms with E-state index in [4.69, 9.17) is 0 Å². The molecule has 29 heavy (non-hydrogen) atoms. The first-order chi connectivity index (χ1) is 13.6. The van der Waals surface area contributed by atoms with E-state index in [1.54, 1.807) is 0 Å². The van der Waals surface area contributed by atoms with Crippen LogP contribution in [0.2, 0.25) is 0 Å². The highest BCUT2D eigenvalue weighted by molar-refractivity contribution is 5.91. The normalized spacial score (nSPS) is 12.9. The lowest BCUT2D eigenvalue weighted by molar-refractivity contribution is -0.862. The molecule has 2 atom stereocenters. The maximum Gasteiger partial charge on any atom is 0.279 e. The van der Waals surface area contributed by atoms with Gasteiger partial charge in [0.15, 0.2) is 30.5 Å². The molecule has 0 heterocycles. The van der Waals surface area contributed by atoms with Crippen molar-refractivity contribution in [3.05, 3.63) is 65.0 Å². The predicted octanol–water partition coefficient (Wildman–Crippen LogP) is 1.71. The van der Waals surface area contributed by atoms with Crippen molar-refractivity contribution in [1.82, 2.24) is 5.32 Å². The maximum absolute atomic E-state index is 13.7. The second-order valence-electron chi connectivity index (χ2n) is 6.54. The van der Waals surface area contributed by atoms with E-state index in [2.05, 4.69) is 10.6 Å². The third kappa shape index (κ3) is 5.98. The van der Waals surface area contributed by atoms with Gasteiger partial charge in [-0.3, -0.25) is 9.59 Å². The Kier molecular flexibility index (Phi) is 7.27. The molecule has 0 fully saturated rings. The summed E-state index contributed by atoms with van der Waals surface area (Å²) < 4.78 is 66.4. The number of carbonyl (C=O) groups excluding carboxylic acids is 2. The molecule has 2 rings (SSSR count). The number of hydrogen-bond donors (Lipinski definition) is 3. The second kappa shape index (κ2) is 9.46. The number of quaternary nitrogens is 1. The fraction of sp³-hybridized carbons (Fsp3) is 0.263. The number of benzene rings is 2. The van der Waals surface area contributed by atoms with Gasteiger partial charge in [0, 0.05) is 11.6 Å². The summed E-state index contributed by atoms with van der Waals surface area (Å²) in [6.45, 7) is 1.06. The molecule has 1 unspecified atom stereocenters. The molecule has 2 amide bonds. The molecule has 0 saturated carbocycles. The second-order valence-corrected chi connectivity index (χ2v) is 6.54. The van der Waals surface area contributed by atoms with Gasteiger partial charge in [0.25, 0.3) is 11.8 Å². The summed E-state index contributed by atoms with van der Waals surface area (Å²) >= 11 is 0. The third-order valence-electron chi connectivity index (χ3n) is 4.04. The number of carbonyl (C=O) groups is 2. The Labute approximate surface area is 163 Å². The van der Waals surface area contributed by atoms with E-state index < -0.39 is 52.6 Å². The number of amides is 2. The highest BCUT2D eigenvalue weighted by Crippen LogP contribution is 2.19. The lowest BCUT2D eigenvalue weighted by atomic mass is 10.1. The van der Waals surface area contributed by atoms with Gasteiger partial charge >= 0.3 is 0 Å². The van der Waals surface area contributed by atoms with Crippen LogP contribution in [0.3, 0.4) is 0 Å². The van der Waals surface area contributed by atoms with Crippen LogP contribution < -0.4 is 15.5 Å². The van der Waals surface area contributed by atoms with Gasteiger partial charge in [-0.15, -0.1) is 0 Å². The van der Waals surface area contributed by atoms with Crippen molar-refractivity contribution in [2.45, 2.75) is 13.0 Å². The van der Waals surface area contributed by atoms with Gasteiger partial charge in [0.1, 0.15) is 11.6 Å². The molecular formula is C19H19F5N3O2+. The zero-order valence-corrected chi connectivity index (χ0v) is 15.6. The molecule has 0 aliphatic carbocycles. The lowest BCUT2D eigenvalue weighted by Gasteiger charge is -2.18. The monoisotopic (exact) mass is 416 g/mol. The average Bonchev–Trinajstić information content (AvgIpc) is 2.61. The first-order valence-corrected chi connectivity index (χ1v) is 8.57. The summed E-state index contributed by atoms with van der Waals surface area (Å²) in [5.41, 5.74) is -0.421. The zero-order chi connectivity index (χ0) is 21.7. The fourth-order valence-electron chi connectivity index (χ4n) is 2.65. The number of anilines is 1. The molecule has 2 aromatic carbocycles. The Morgan fingerprint density at radius 2 is 1.59 bits per heavy atom. The van der Waals surface area contributed by atoms with E-state index >= 15 is 0 Å². The highest BCUT2D eigenvalue weighted by atomic mass is 19.2. The van der Waals surface area contributed by atoms with E-state index in [-0.39, 0.29) is 18.7 Å². The van der Waals surface area contributed by atoms with Gasteiger partial charge in [-0.25, -0.2) is 22.0 Å². The lowest BCUT2D eigenvalue weighted by Crippen LogP contribution is -3.11. The van der Waals surface area contributed by atoms with Crippen LogP contribution in [0.4, 0.5) is 27.6 Å². The van der Waals surface area contributed by atoms with Crippen molar-refractivity contribution in [3.8, 4) is 0 Å². The predicted molar refractivity (Wildman–Crippen MR) is 94.5 cm³/mol. The number of halogens is 5. The molecule has 0 saturated heterocycles. The first kappa shape index (κ1) is 22.3. The molecule has 3 N–H and O–H groups in total. The van der Waals surface area contributed by atoms with Crippen LogP contribution >= 0.6 is 0 Å². The summed E-state index contributed by atoms with van der Waals surface area (Å²) in [6.07, 6.45) is 0. The minimum absolute atomic E-state index is 0.101. The van der Waals surface area contributed by atoms with Crippen molar-refractivity contribution in [2.75, 3.05) is 25.5 Å². The van der Waals surface area contributed by atoms with Gasteiger partial charge < -0.3 is 15.5 Å². The Morgan fingerprint density at radius 3 is 2.24 bits per heavy atom. The van der Waals surface area contributed by atoms with Crippen LogP contribution in [0.15, 0.2) is 30.3 Å². The number of rotatable bonds is 7. The molecule has 10 heteroatoms. The van der Waals surface area contributed by atoms with Crippen molar-refractivity contribution in [2.24, 2.45) is 0 Å². The van der Waals surface area contributed by atoms with Crippen molar-refractivity contribution in [1.29, 1.82) is 0 Å². The first-order valence-electron chi connectivity index (χ1n) is 8.57. The Bertz CT molecular complexity index is 923. The fourth-order valence-corrected chi connectivity index (χ4v) is 2.65. The Morgan fingerprint density at radius 1 is 0.931 bits per heavy atom. The van der Waals surface area contributed by atoms with Crippen molar-refractivity contribution in [3.63, 3.8) is 0 Å². The van der Waals surface area contributed by atoms with Crippen LogP contribution in [-0.2, 0) is 9.59 Å². The topological polar surface area (TPSA) is 62.6 Å². The van der Waals surface area contributed by atoms with Crippen molar-refractivity contribution >= 4 is 17.5 Å². The number of nitrogens with one attached hydrogen (secondary N) is 3. The molecule has 2 aromatic rings. The van der Waals surface area contributed by atoms with Crippen LogP contribution in [0.25, 0.3) is 0 Å². The van der Waals surface area contributed by atoms with E-state index in [0.29, 0.717) is 17.0 Å². The summed E-state index contributed by atoms with van der Waals surface area (Å²) in [4.78, 5) is 24.4. The SMILES string of the molecule is C[C@@H](NC(=O)C[NH+](C)CC(=O)Nc1ccc(F)c(F)c1F)c1ccc(F)cc1F. The summed E-state index contributed by atoms with van der Waals surface area (Å²) in [5.74, 6) is -7.38. The molecular weight excluding hydrogens is 397 g/mol. The maximum atomic E-state index is 13.7. The molecule has 0 bridgehead atoms. The van der Waals surface area contributed by atoms with Crippen molar-refractivity contribution < 1.29 is 36.4 Å². The van der Waals surface area contributed by atoms with E-state index in [1.807, 2.05) is 0 Å². The van der Waals surface area contributed by atoms with Crippen LogP contribution in [0, 0.1) is 29.1 Å². The van der Waals surface area contributed by atoms with Gasteiger partial charge in [0.2, 0.25) is 0 Å². The van der Waals surface area contributed by atoms with Gasteiger partial charge in [-0.05, 0) is 25.1 Å². The molecule has 0 aliphatic rings. The number of likely N-dealkylation sites (N-methyl/N-ethyl adjacent to an activating group) is 1. The van der Waals surface area contributed by atoms with Crippen LogP contribution in [-0.4, -0.2) is 32.0 Å². The molecule has 0 radical (unpaired) electrons. The number of hydrogen-bond acceptors (Lipinski definition) is 2. The summed E-state index contributed by atoms with van der Waals surface area (Å²) in [5, 5.41) is 4.63. The summed E-state index contributed by atoms with van der Waals surface area (Å²) in [6, 6.07) is 3.81. The molecule has 0 aromatic heterocycles. The van der Waals surface area contributed by atoms with Crippen LogP contribution in [0.5, 0.6) is 0 Å². The highest BCUT2D eigenvalue weighted by Gasteiger charge is 2.20. The minimum Gasteiger partial charge on any atom is -0.345 e. The zero-order valence-electron chi connectivity index (χ0n) is 15.6. The third-order valence-corrected chi connectivity index (χ3v) is 4.04. The van der Waals surface area contributed by atoms with Gasteiger partial charge in [0.05, 0.1) is 18.8 Å². The quantitative estimate of drug-likeness (QED) is 0.476. The van der Waals surface area contributed by atoms with Gasteiger partial charge in [-0.1, -0.05) is 6.07 Å². The minimum atomic E-state index is -1.70. The van der Waals surface area contributed by atoms with Crippen LogP contribution in [0.1, 0.15) is 18.5 Å².